The highest BCUT2D eigenvalue weighted by Crippen LogP contribution is 2.47. The van der Waals surface area contributed by atoms with Crippen molar-refractivity contribution in [2.75, 3.05) is 6.61 Å². The van der Waals surface area contributed by atoms with Crippen molar-refractivity contribution >= 4 is 17.4 Å². The van der Waals surface area contributed by atoms with Crippen LogP contribution in [0.15, 0.2) is 65.0 Å². The summed E-state index contributed by atoms with van der Waals surface area (Å²) in [6.07, 6.45) is 0.941. The van der Waals surface area contributed by atoms with Crippen LogP contribution in [0, 0.1) is 22.5 Å². The number of hydrogen-bond donors (Lipinski definition) is 1. The molecule has 0 radical (unpaired) electrons. The van der Waals surface area contributed by atoms with Gasteiger partial charge >= 0.3 is 11.7 Å². The van der Waals surface area contributed by atoms with E-state index in [2.05, 4.69) is 5.32 Å². The molecular weight excluding hydrogens is 472 g/mol. The molecule has 2 aromatic carbocycles. The van der Waals surface area contributed by atoms with E-state index in [1.165, 1.54) is 6.07 Å². The van der Waals surface area contributed by atoms with Crippen molar-refractivity contribution in [3.8, 4) is 5.75 Å². The van der Waals surface area contributed by atoms with Gasteiger partial charge in [0, 0.05) is 35.4 Å². The minimum absolute atomic E-state index is 0.0830. The molecule has 0 fully saturated rings. The molecule has 0 spiro atoms. The number of nitrogens with zero attached hydrogens (tertiary/aromatic N) is 1. The molecule has 1 aliphatic heterocycles. The number of ether oxygens (including phenoxy) is 2. The van der Waals surface area contributed by atoms with E-state index in [0.29, 0.717) is 29.7 Å². The Hall–Kier alpha value is -3.94. The van der Waals surface area contributed by atoms with E-state index in [1.807, 2.05) is 45.0 Å². The van der Waals surface area contributed by atoms with Gasteiger partial charge in [-0.1, -0.05) is 49.7 Å². The minimum atomic E-state index is -0.774. The number of nitrogens with one attached hydrogen (secondary N) is 1. The molecule has 1 N–H and O–H groups in total. The number of benzene rings is 2. The van der Waals surface area contributed by atoms with Crippen LogP contribution in [0.4, 0.5) is 5.69 Å². The Labute approximate surface area is 216 Å². The van der Waals surface area contributed by atoms with Crippen LogP contribution in [-0.2, 0) is 20.9 Å². The smallest absolute Gasteiger partial charge is 0.336 e. The standard InChI is InChI=1S/C29H32N2O6/c1-6-36-28(33)25-18(3)30-21-14-29(4,5)15-23(32)27(21)26(25)20-11-12-24(22(13-20)31(34)35)37-16-19-9-7-17(2)8-10-19/h7-13,26,30H,6,14-16H2,1-5H3/t26-/m1/s1. The largest absolute Gasteiger partial charge is 0.482 e. The molecule has 8 heteroatoms. The number of nitro groups is 1. The van der Waals surface area contributed by atoms with Crippen LogP contribution in [0.1, 0.15) is 63.1 Å². The molecule has 0 amide bonds. The molecule has 4 rings (SSSR count). The summed E-state index contributed by atoms with van der Waals surface area (Å²) in [5.74, 6) is -1.29. The molecule has 0 aromatic heterocycles. The number of carbonyl (C=O) groups excluding carboxylic acids is 2. The molecule has 1 heterocycles. The fraction of sp³-hybridized carbons (Fsp3) is 0.379. The van der Waals surface area contributed by atoms with Crippen LogP contribution in [0.3, 0.4) is 0 Å². The number of allylic oxidation sites excluding steroid dienone is 3. The lowest BCUT2D eigenvalue weighted by atomic mass is 9.68. The number of carbonyl (C=O) groups is 2. The Bertz CT molecular complexity index is 1320. The van der Waals surface area contributed by atoms with Gasteiger partial charge < -0.3 is 14.8 Å². The monoisotopic (exact) mass is 504 g/mol. The number of nitro benzene ring substituents is 1. The predicted octanol–water partition coefficient (Wildman–Crippen LogP) is 5.65. The highest BCUT2D eigenvalue weighted by molar-refractivity contribution is 6.04. The summed E-state index contributed by atoms with van der Waals surface area (Å²) in [7, 11) is 0. The zero-order valence-electron chi connectivity index (χ0n) is 21.8. The van der Waals surface area contributed by atoms with Gasteiger partial charge in [-0.2, -0.15) is 0 Å². The Balaban J connectivity index is 1.78. The van der Waals surface area contributed by atoms with Crippen molar-refractivity contribution in [3.63, 3.8) is 0 Å². The first kappa shape index (κ1) is 26.1. The van der Waals surface area contributed by atoms with E-state index >= 15 is 0 Å². The third-order valence-corrected chi connectivity index (χ3v) is 6.76. The summed E-state index contributed by atoms with van der Waals surface area (Å²) in [5.41, 5.74) is 4.08. The molecule has 1 aliphatic carbocycles. The second-order valence-corrected chi connectivity index (χ2v) is 10.4. The van der Waals surface area contributed by atoms with Gasteiger partial charge in [-0.25, -0.2) is 4.79 Å². The number of esters is 1. The molecule has 194 valence electrons. The topological polar surface area (TPSA) is 108 Å². The van der Waals surface area contributed by atoms with Crippen LogP contribution in [0.2, 0.25) is 0 Å². The fourth-order valence-corrected chi connectivity index (χ4v) is 5.07. The average molecular weight is 505 g/mol. The second kappa shape index (κ2) is 10.2. The van der Waals surface area contributed by atoms with Crippen LogP contribution >= 0.6 is 0 Å². The first-order chi connectivity index (χ1) is 17.5. The number of dihydropyridines is 1. The molecule has 0 bridgehead atoms. The highest BCUT2D eigenvalue weighted by Gasteiger charge is 2.43. The normalized spacial score (nSPS) is 18.7. The van der Waals surface area contributed by atoms with Crippen molar-refractivity contribution in [2.45, 2.75) is 60.0 Å². The Morgan fingerprint density at radius 2 is 1.84 bits per heavy atom. The van der Waals surface area contributed by atoms with Gasteiger partial charge in [-0.05, 0) is 49.8 Å². The molecule has 37 heavy (non-hydrogen) atoms. The van der Waals surface area contributed by atoms with Gasteiger partial charge in [0.2, 0.25) is 0 Å². The molecule has 0 unspecified atom stereocenters. The molecule has 1 atom stereocenters. The van der Waals surface area contributed by atoms with Crippen LogP contribution in [0.25, 0.3) is 0 Å². The SMILES string of the molecule is CCOC(=O)C1=C(C)NC2=C(C(=O)CC(C)(C)C2)[C@@H]1c1ccc(OCc2ccc(C)cc2)c([N+](=O)[O-])c1. The quantitative estimate of drug-likeness (QED) is 0.295. The maximum atomic E-state index is 13.4. The van der Waals surface area contributed by atoms with Crippen molar-refractivity contribution in [1.29, 1.82) is 0 Å². The van der Waals surface area contributed by atoms with Crippen molar-refractivity contribution in [3.05, 3.63) is 91.8 Å². The number of hydrogen-bond acceptors (Lipinski definition) is 7. The minimum Gasteiger partial charge on any atom is -0.482 e. The molecule has 2 aliphatic rings. The first-order valence-electron chi connectivity index (χ1n) is 12.4. The predicted molar refractivity (Wildman–Crippen MR) is 139 cm³/mol. The van der Waals surface area contributed by atoms with Crippen LogP contribution in [0.5, 0.6) is 5.75 Å². The van der Waals surface area contributed by atoms with Crippen molar-refractivity contribution in [2.24, 2.45) is 5.41 Å². The molecule has 2 aromatic rings. The maximum absolute atomic E-state index is 13.4. The fourth-order valence-electron chi connectivity index (χ4n) is 5.07. The lowest BCUT2D eigenvalue weighted by molar-refractivity contribution is -0.386. The molecule has 0 saturated heterocycles. The lowest BCUT2D eigenvalue weighted by Crippen LogP contribution is -2.38. The van der Waals surface area contributed by atoms with E-state index in [1.54, 1.807) is 26.0 Å². The lowest BCUT2D eigenvalue weighted by Gasteiger charge is -2.39. The van der Waals surface area contributed by atoms with Crippen LogP contribution < -0.4 is 10.1 Å². The van der Waals surface area contributed by atoms with Gasteiger partial charge in [0.15, 0.2) is 11.5 Å². The number of aryl methyl sites for hydroxylation is 1. The van der Waals surface area contributed by atoms with E-state index < -0.39 is 16.8 Å². The van der Waals surface area contributed by atoms with E-state index in [-0.39, 0.29) is 41.4 Å². The van der Waals surface area contributed by atoms with Gasteiger partial charge in [0.05, 0.1) is 17.1 Å². The van der Waals surface area contributed by atoms with E-state index in [9.17, 15) is 19.7 Å². The zero-order chi connectivity index (χ0) is 26.9. The van der Waals surface area contributed by atoms with E-state index in [4.69, 9.17) is 9.47 Å². The Kier molecular flexibility index (Phi) is 7.21. The Morgan fingerprint density at radius 3 is 2.49 bits per heavy atom. The summed E-state index contributed by atoms with van der Waals surface area (Å²) in [6.45, 7) is 9.85. The summed E-state index contributed by atoms with van der Waals surface area (Å²) in [6, 6.07) is 12.4. The van der Waals surface area contributed by atoms with Gasteiger partial charge in [0.1, 0.15) is 6.61 Å². The van der Waals surface area contributed by atoms with Gasteiger partial charge in [-0.3, -0.25) is 14.9 Å². The molecule has 8 nitrogen and oxygen atoms in total. The number of Topliss-reactive ketones (excluding diaryl/α,β-unsaturated/α-hetero) is 1. The number of rotatable bonds is 7. The third-order valence-electron chi connectivity index (χ3n) is 6.76. The van der Waals surface area contributed by atoms with Crippen molar-refractivity contribution in [1.82, 2.24) is 5.32 Å². The van der Waals surface area contributed by atoms with Gasteiger partial charge in [-0.15, -0.1) is 0 Å². The maximum Gasteiger partial charge on any atom is 0.336 e. The number of ketones is 1. The summed E-state index contributed by atoms with van der Waals surface area (Å²) in [5, 5.41) is 15.3. The van der Waals surface area contributed by atoms with Gasteiger partial charge in [0.25, 0.3) is 0 Å². The second-order valence-electron chi connectivity index (χ2n) is 10.4. The zero-order valence-corrected chi connectivity index (χ0v) is 21.8. The Morgan fingerprint density at radius 1 is 1.14 bits per heavy atom. The first-order valence-corrected chi connectivity index (χ1v) is 12.4. The van der Waals surface area contributed by atoms with E-state index in [0.717, 1.165) is 16.8 Å². The third kappa shape index (κ3) is 5.43. The summed E-state index contributed by atoms with van der Waals surface area (Å²) in [4.78, 5) is 38.0. The van der Waals surface area contributed by atoms with Crippen LogP contribution in [-0.4, -0.2) is 23.3 Å². The molecule has 0 saturated carbocycles. The summed E-state index contributed by atoms with van der Waals surface area (Å²) >= 11 is 0. The average Bonchev–Trinajstić information content (AvgIpc) is 2.82. The molecular formula is C29H32N2O6. The summed E-state index contributed by atoms with van der Waals surface area (Å²) < 4.78 is 11.1. The van der Waals surface area contributed by atoms with Crippen molar-refractivity contribution < 1.29 is 24.0 Å². The highest BCUT2D eigenvalue weighted by atomic mass is 16.6.